The van der Waals surface area contributed by atoms with Gasteiger partial charge >= 0.3 is 5.97 Å². The highest BCUT2D eigenvalue weighted by atomic mass is 35.5. The number of nitrogens with one attached hydrogen (secondary N) is 1. The average molecular weight is 250 g/mol. The van der Waals surface area contributed by atoms with Gasteiger partial charge in [0, 0.05) is 22.3 Å². The highest BCUT2D eigenvalue weighted by molar-refractivity contribution is 6.33. The van der Waals surface area contributed by atoms with Crippen molar-refractivity contribution in [3.63, 3.8) is 0 Å². The molecule has 1 heterocycles. The zero-order valence-corrected chi connectivity index (χ0v) is 9.36. The molecular weight excluding hydrogens is 242 g/mol. The van der Waals surface area contributed by atoms with E-state index in [0.29, 0.717) is 10.6 Å². The molecule has 86 valence electrons. The molecular formula is C12H8ClNO3. The van der Waals surface area contributed by atoms with E-state index in [-0.39, 0.29) is 16.7 Å². The van der Waals surface area contributed by atoms with Crippen molar-refractivity contribution in [3.05, 3.63) is 57.5 Å². The number of rotatable bonds is 2. The van der Waals surface area contributed by atoms with Crippen molar-refractivity contribution in [1.29, 1.82) is 0 Å². The lowest BCUT2D eigenvalue weighted by atomic mass is 10.1. The summed E-state index contributed by atoms with van der Waals surface area (Å²) < 4.78 is 0. The van der Waals surface area contributed by atoms with Crippen molar-refractivity contribution >= 4 is 17.6 Å². The maximum Gasteiger partial charge on any atom is 0.337 e. The van der Waals surface area contributed by atoms with Crippen molar-refractivity contribution in [1.82, 2.24) is 4.98 Å². The minimum absolute atomic E-state index is 0.0134. The number of hydrogen-bond donors (Lipinski definition) is 2. The molecule has 2 aromatic rings. The molecule has 0 bridgehead atoms. The summed E-state index contributed by atoms with van der Waals surface area (Å²) in [6.45, 7) is 0. The van der Waals surface area contributed by atoms with Crippen molar-refractivity contribution in [2.75, 3.05) is 0 Å². The van der Waals surface area contributed by atoms with Crippen LogP contribution in [0.15, 0.2) is 41.3 Å². The molecule has 0 atom stereocenters. The topological polar surface area (TPSA) is 70.2 Å². The van der Waals surface area contributed by atoms with Crippen LogP contribution in [0.2, 0.25) is 5.02 Å². The molecule has 0 fully saturated rings. The van der Waals surface area contributed by atoms with Gasteiger partial charge in [0.15, 0.2) is 0 Å². The van der Waals surface area contributed by atoms with Crippen LogP contribution in [0.1, 0.15) is 10.4 Å². The fourth-order valence-corrected chi connectivity index (χ4v) is 1.72. The first-order valence-corrected chi connectivity index (χ1v) is 5.18. The molecule has 0 spiro atoms. The number of benzene rings is 1. The van der Waals surface area contributed by atoms with Gasteiger partial charge < -0.3 is 10.1 Å². The number of pyridine rings is 1. The molecule has 0 aliphatic rings. The molecule has 1 aromatic heterocycles. The molecule has 0 radical (unpaired) electrons. The third kappa shape index (κ3) is 2.21. The number of aromatic amines is 1. The Balaban J connectivity index is 2.67. The molecule has 2 N–H and O–H groups in total. The first kappa shape index (κ1) is 11.4. The van der Waals surface area contributed by atoms with Crippen LogP contribution in [0.5, 0.6) is 0 Å². The van der Waals surface area contributed by atoms with E-state index in [9.17, 15) is 9.59 Å². The van der Waals surface area contributed by atoms with Gasteiger partial charge in [-0.2, -0.15) is 0 Å². The fourth-order valence-electron chi connectivity index (χ4n) is 1.49. The van der Waals surface area contributed by atoms with E-state index in [1.54, 1.807) is 24.3 Å². The van der Waals surface area contributed by atoms with Crippen molar-refractivity contribution in [2.24, 2.45) is 0 Å². The molecule has 1 aromatic carbocycles. The summed E-state index contributed by atoms with van der Waals surface area (Å²) in [4.78, 5) is 24.8. The standard InChI is InChI=1S/C12H8ClNO3/c13-10-4-2-1-3-8(10)9-5-7(12(16)17)6-14-11(9)15/h1-6H,(H,14,15)(H,16,17). The molecule has 0 unspecified atom stereocenters. The summed E-state index contributed by atoms with van der Waals surface area (Å²) in [5.74, 6) is -1.10. The number of hydrogen-bond acceptors (Lipinski definition) is 2. The molecule has 5 heteroatoms. The lowest BCUT2D eigenvalue weighted by Crippen LogP contribution is -2.11. The van der Waals surface area contributed by atoms with Crippen LogP contribution in [0, 0.1) is 0 Å². The third-order valence-electron chi connectivity index (χ3n) is 2.31. The Morgan fingerprint density at radius 2 is 1.94 bits per heavy atom. The van der Waals surface area contributed by atoms with Crippen LogP contribution in [-0.4, -0.2) is 16.1 Å². The van der Waals surface area contributed by atoms with Gasteiger partial charge in [-0.25, -0.2) is 4.79 Å². The van der Waals surface area contributed by atoms with Crippen molar-refractivity contribution in [2.45, 2.75) is 0 Å². The van der Waals surface area contributed by atoms with Gasteiger partial charge in [0.05, 0.1) is 5.56 Å². The Morgan fingerprint density at radius 3 is 2.59 bits per heavy atom. The number of carboxylic acid groups (broad SMARTS) is 1. The maximum atomic E-state index is 11.6. The SMILES string of the molecule is O=C(O)c1c[nH]c(=O)c(-c2ccccc2Cl)c1. The Bertz CT molecular complexity index is 634. The number of halogens is 1. The largest absolute Gasteiger partial charge is 0.478 e. The van der Waals surface area contributed by atoms with Gasteiger partial charge in [0.1, 0.15) is 0 Å². The van der Waals surface area contributed by atoms with Crippen molar-refractivity contribution < 1.29 is 9.90 Å². The molecule has 0 saturated carbocycles. The number of carboxylic acids is 1. The second-order valence-corrected chi connectivity index (χ2v) is 3.82. The monoisotopic (exact) mass is 249 g/mol. The summed E-state index contributed by atoms with van der Waals surface area (Å²) in [5, 5.41) is 9.26. The van der Waals surface area contributed by atoms with Gasteiger partial charge in [0.25, 0.3) is 5.56 Å². The lowest BCUT2D eigenvalue weighted by molar-refractivity contribution is 0.0696. The van der Waals surface area contributed by atoms with Gasteiger partial charge in [0.2, 0.25) is 0 Å². The number of aromatic carboxylic acids is 1. The molecule has 0 aliphatic carbocycles. The van der Waals surface area contributed by atoms with Gasteiger partial charge in [-0.15, -0.1) is 0 Å². The summed E-state index contributed by atoms with van der Waals surface area (Å²) in [6.07, 6.45) is 1.16. The zero-order valence-electron chi connectivity index (χ0n) is 8.61. The second-order valence-electron chi connectivity index (χ2n) is 3.42. The van der Waals surface area contributed by atoms with E-state index in [1.807, 2.05) is 0 Å². The molecule has 0 amide bonds. The predicted molar refractivity (Wildman–Crippen MR) is 64.5 cm³/mol. The highest BCUT2D eigenvalue weighted by Gasteiger charge is 2.11. The fraction of sp³-hybridized carbons (Fsp3) is 0. The summed E-state index contributed by atoms with van der Waals surface area (Å²) in [7, 11) is 0. The quantitative estimate of drug-likeness (QED) is 0.859. The van der Waals surface area contributed by atoms with Crippen LogP contribution in [0.3, 0.4) is 0 Å². The molecule has 17 heavy (non-hydrogen) atoms. The second kappa shape index (κ2) is 4.43. The number of aromatic nitrogens is 1. The summed E-state index contributed by atoms with van der Waals surface area (Å²) >= 11 is 5.96. The first-order valence-electron chi connectivity index (χ1n) is 4.80. The van der Waals surface area contributed by atoms with E-state index in [4.69, 9.17) is 16.7 Å². The van der Waals surface area contributed by atoms with Gasteiger partial charge in [-0.1, -0.05) is 29.8 Å². The van der Waals surface area contributed by atoms with E-state index in [0.717, 1.165) is 6.20 Å². The maximum absolute atomic E-state index is 11.6. The zero-order chi connectivity index (χ0) is 12.4. The Hall–Kier alpha value is -2.07. The smallest absolute Gasteiger partial charge is 0.337 e. The van der Waals surface area contributed by atoms with E-state index >= 15 is 0 Å². The van der Waals surface area contributed by atoms with Crippen LogP contribution >= 0.6 is 11.6 Å². The van der Waals surface area contributed by atoms with E-state index in [2.05, 4.69) is 4.98 Å². The van der Waals surface area contributed by atoms with E-state index in [1.165, 1.54) is 6.07 Å². The van der Waals surface area contributed by atoms with Gasteiger partial charge in [-0.3, -0.25) is 4.79 Å². The summed E-state index contributed by atoms with van der Waals surface area (Å²) in [5.41, 5.74) is 0.400. The predicted octanol–water partition coefficient (Wildman–Crippen LogP) is 2.39. The molecule has 4 nitrogen and oxygen atoms in total. The number of H-pyrrole nitrogens is 1. The normalized spacial score (nSPS) is 10.2. The van der Waals surface area contributed by atoms with Crippen molar-refractivity contribution in [3.8, 4) is 11.1 Å². The lowest BCUT2D eigenvalue weighted by Gasteiger charge is -2.04. The van der Waals surface area contributed by atoms with E-state index < -0.39 is 5.97 Å². The summed E-state index contributed by atoms with van der Waals surface area (Å²) in [6, 6.07) is 8.08. The Kier molecular flexibility index (Phi) is 2.97. The minimum Gasteiger partial charge on any atom is -0.478 e. The molecule has 2 rings (SSSR count). The van der Waals surface area contributed by atoms with Crippen LogP contribution in [-0.2, 0) is 0 Å². The Morgan fingerprint density at radius 1 is 1.24 bits per heavy atom. The number of carbonyl (C=O) groups is 1. The van der Waals surface area contributed by atoms with Gasteiger partial charge in [-0.05, 0) is 12.1 Å². The highest BCUT2D eigenvalue weighted by Crippen LogP contribution is 2.25. The molecule has 0 saturated heterocycles. The third-order valence-corrected chi connectivity index (χ3v) is 2.64. The minimum atomic E-state index is -1.10. The Labute approximate surface area is 101 Å². The average Bonchev–Trinajstić information content (AvgIpc) is 2.30. The molecule has 0 aliphatic heterocycles. The van der Waals surface area contributed by atoms with Crippen LogP contribution < -0.4 is 5.56 Å². The van der Waals surface area contributed by atoms with Crippen LogP contribution in [0.4, 0.5) is 0 Å². The van der Waals surface area contributed by atoms with Crippen LogP contribution in [0.25, 0.3) is 11.1 Å². The first-order chi connectivity index (χ1) is 8.09.